The van der Waals surface area contributed by atoms with E-state index in [9.17, 15) is 4.79 Å². The van der Waals surface area contributed by atoms with Crippen molar-refractivity contribution in [3.8, 4) is 11.3 Å². The first kappa shape index (κ1) is 16.4. The first-order valence-corrected chi connectivity index (χ1v) is 9.12. The third-order valence-corrected chi connectivity index (χ3v) is 4.95. The lowest BCUT2D eigenvalue weighted by Gasteiger charge is -2.09. The molecule has 2 amide bonds. The molecular weight excluding hydrogens is 344 g/mol. The molecule has 0 spiro atoms. The molecule has 2 aromatic carbocycles. The summed E-state index contributed by atoms with van der Waals surface area (Å²) in [5, 5.41) is 9.89. The minimum Gasteiger partial charge on any atom is -0.351 e. The van der Waals surface area contributed by atoms with Crippen molar-refractivity contribution in [2.24, 2.45) is 7.05 Å². The Bertz CT molecular complexity index is 1100. The number of nitrogens with zero attached hydrogens (tertiary/aromatic N) is 2. The van der Waals surface area contributed by atoms with Crippen LogP contribution in [0.15, 0.2) is 60.1 Å². The Kier molecular flexibility index (Phi) is 4.18. The Morgan fingerprint density at radius 2 is 1.88 bits per heavy atom. The number of carbonyl (C=O) groups is 1. The molecule has 0 fully saturated rings. The van der Waals surface area contributed by atoms with E-state index in [1.807, 2.05) is 78.6 Å². The smallest absolute Gasteiger partial charge is 0.323 e. The highest BCUT2D eigenvalue weighted by Crippen LogP contribution is 2.24. The fraction of sp³-hybridized carbons (Fsp3) is 0.100. The van der Waals surface area contributed by atoms with E-state index in [0.29, 0.717) is 0 Å². The van der Waals surface area contributed by atoms with E-state index in [1.54, 1.807) is 11.3 Å². The summed E-state index contributed by atoms with van der Waals surface area (Å²) in [5.41, 5.74) is 4.52. The molecule has 2 heterocycles. The van der Waals surface area contributed by atoms with E-state index in [1.165, 1.54) is 0 Å². The summed E-state index contributed by atoms with van der Waals surface area (Å²) in [5.74, 6) is 0. The fourth-order valence-corrected chi connectivity index (χ4v) is 3.53. The Hall–Kier alpha value is -3.12. The van der Waals surface area contributed by atoms with E-state index >= 15 is 0 Å². The van der Waals surface area contributed by atoms with Gasteiger partial charge in [0.15, 0.2) is 0 Å². The van der Waals surface area contributed by atoms with Crippen molar-refractivity contribution in [1.29, 1.82) is 0 Å². The van der Waals surface area contributed by atoms with Gasteiger partial charge in [-0.15, -0.1) is 11.3 Å². The molecule has 26 heavy (non-hydrogen) atoms. The molecule has 0 unspecified atom stereocenters. The summed E-state index contributed by atoms with van der Waals surface area (Å²) in [6, 6.07) is 15.3. The van der Waals surface area contributed by atoms with Gasteiger partial charge in [-0.25, -0.2) is 9.78 Å². The maximum Gasteiger partial charge on any atom is 0.323 e. The first-order chi connectivity index (χ1) is 12.6. The van der Waals surface area contributed by atoms with Crippen LogP contribution in [0, 0.1) is 6.92 Å². The molecule has 4 rings (SSSR count). The van der Waals surface area contributed by atoms with Crippen LogP contribution >= 0.6 is 11.3 Å². The van der Waals surface area contributed by atoms with E-state index in [2.05, 4.69) is 15.6 Å². The number of thiazole rings is 1. The van der Waals surface area contributed by atoms with E-state index < -0.39 is 0 Å². The Labute approximate surface area is 155 Å². The van der Waals surface area contributed by atoms with Crippen LogP contribution in [0.1, 0.15) is 5.01 Å². The largest absolute Gasteiger partial charge is 0.351 e. The lowest BCUT2D eigenvalue weighted by atomic mass is 10.1. The summed E-state index contributed by atoms with van der Waals surface area (Å²) in [4.78, 5) is 16.8. The van der Waals surface area contributed by atoms with Gasteiger partial charge in [-0.2, -0.15) is 0 Å². The molecule has 2 N–H and O–H groups in total. The minimum atomic E-state index is -0.271. The van der Waals surface area contributed by atoms with Gasteiger partial charge in [0.05, 0.1) is 10.7 Å². The quantitative estimate of drug-likeness (QED) is 0.523. The second-order valence-electron chi connectivity index (χ2n) is 6.11. The second-order valence-corrected chi connectivity index (χ2v) is 7.17. The van der Waals surface area contributed by atoms with Crippen LogP contribution < -0.4 is 10.6 Å². The second kappa shape index (κ2) is 6.65. The van der Waals surface area contributed by atoms with Crippen molar-refractivity contribution < 1.29 is 4.79 Å². The normalized spacial score (nSPS) is 10.8. The molecule has 130 valence electrons. The number of carbonyl (C=O) groups excluding carboxylic acids is 1. The number of fused-ring (bicyclic) bond motifs is 1. The molecule has 0 aliphatic carbocycles. The molecule has 0 bridgehead atoms. The van der Waals surface area contributed by atoms with Crippen molar-refractivity contribution in [2.75, 3.05) is 10.6 Å². The molecular formula is C20H18N4OS. The van der Waals surface area contributed by atoms with Crippen LogP contribution in [-0.2, 0) is 7.05 Å². The minimum absolute atomic E-state index is 0.271. The van der Waals surface area contributed by atoms with Gasteiger partial charge in [-0.3, -0.25) is 0 Å². The van der Waals surface area contributed by atoms with E-state index in [-0.39, 0.29) is 6.03 Å². The van der Waals surface area contributed by atoms with Gasteiger partial charge in [-0.05, 0) is 43.3 Å². The van der Waals surface area contributed by atoms with Crippen molar-refractivity contribution in [1.82, 2.24) is 9.55 Å². The fourth-order valence-electron chi connectivity index (χ4n) is 2.91. The third kappa shape index (κ3) is 3.32. The monoisotopic (exact) mass is 362 g/mol. The molecule has 5 nitrogen and oxygen atoms in total. The van der Waals surface area contributed by atoms with Crippen molar-refractivity contribution in [2.45, 2.75) is 6.92 Å². The summed E-state index contributed by atoms with van der Waals surface area (Å²) in [6.45, 7) is 1.98. The number of aryl methyl sites for hydroxylation is 2. The zero-order valence-electron chi connectivity index (χ0n) is 14.5. The van der Waals surface area contributed by atoms with Crippen LogP contribution in [-0.4, -0.2) is 15.6 Å². The summed E-state index contributed by atoms with van der Waals surface area (Å²) < 4.78 is 2.05. The maximum absolute atomic E-state index is 12.3. The summed E-state index contributed by atoms with van der Waals surface area (Å²) in [7, 11) is 2.00. The number of aromatic nitrogens is 2. The Morgan fingerprint density at radius 1 is 1.08 bits per heavy atom. The number of nitrogens with one attached hydrogen (secondary N) is 2. The van der Waals surface area contributed by atoms with Crippen LogP contribution in [0.3, 0.4) is 0 Å². The number of rotatable bonds is 3. The molecule has 0 radical (unpaired) electrons. The molecule has 0 aliphatic rings. The van der Waals surface area contributed by atoms with Crippen molar-refractivity contribution in [3.05, 3.63) is 65.1 Å². The zero-order valence-corrected chi connectivity index (χ0v) is 15.3. The molecule has 0 saturated carbocycles. The molecule has 6 heteroatoms. The predicted octanol–water partition coefficient (Wildman–Crippen LogP) is 5.25. The number of amides is 2. The summed E-state index contributed by atoms with van der Waals surface area (Å²) >= 11 is 1.61. The van der Waals surface area contributed by atoms with Crippen molar-refractivity contribution in [3.63, 3.8) is 0 Å². The number of urea groups is 1. The predicted molar refractivity (Wildman–Crippen MR) is 108 cm³/mol. The SMILES string of the molecule is Cc1nc(-c2cccc(NC(=O)Nc3ccc4c(ccn4C)c3)c2)cs1. The van der Waals surface area contributed by atoms with Crippen LogP contribution in [0.4, 0.5) is 16.2 Å². The standard InChI is InChI=1S/C20H18N4OS/c1-13-21-18(12-26-13)14-4-3-5-16(10-14)22-20(25)23-17-6-7-19-15(11-17)8-9-24(19)2/h3-12H,1-2H3,(H2,22,23,25). The third-order valence-electron chi connectivity index (χ3n) is 4.18. The van der Waals surface area contributed by atoms with Gasteiger partial charge < -0.3 is 15.2 Å². The number of hydrogen-bond acceptors (Lipinski definition) is 3. The average Bonchev–Trinajstić information content (AvgIpc) is 3.21. The van der Waals surface area contributed by atoms with Crippen LogP contribution in [0.2, 0.25) is 0 Å². The zero-order chi connectivity index (χ0) is 18.1. The summed E-state index contributed by atoms with van der Waals surface area (Å²) in [6.07, 6.45) is 2.00. The lowest BCUT2D eigenvalue weighted by Crippen LogP contribution is -2.19. The molecule has 0 atom stereocenters. The first-order valence-electron chi connectivity index (χ1n) is 8.24. The van der Waals surface area contributed by atoms with Crippen LogP contribution in [0.5, 0.6) is 0 Å². The number of hydrogen-bond donors (Lipinski definition) is 2. The average molecular weight is 362 g/mol. The van der Waals surface area contributed by atoms with Gasteiger partial charge in [0.2, 0.25) is 0 Å². The maximum atomic E-state index is 12.3. The molecule has 0 aliphatic heterocycles. The Morgan fingerprint density at radius 3 is 2.65 bits per heavy atom. The topological polar surface area (TPSA) is 59.0 Å². The highest BCUT2D eigenvalue weighted by atomic mass is 32.1. The van der Waals surface area contributed by atoms with E-state index in [0.717, 1.165) is 38.5 Å². The lowest BCUT2D eigenvalue weighted by molar-refractivity contribution is 0.262. The number of benzene rings is 2. The molecule has 0 saturated heterocycles. The van der Waals surface area contributed by atoms with Gasteiger partial charge in [-0.1, -0.05) is 12.1 Å². The Balaban J connectivity index is 1.49. The van der Waals surface area contributed by atoms with Gasteiger partial charge in [0.25, 0.3) is 0 Å². The molecule has 2 aromatic heterocycles. The highest BCUT2D eigenvalue weighted by Gasteiger charge is 2.07. The van der Waals surface area contributed by atoms with Gasteiger partial charge >= 0.3 is 6.03 Å². The van der Waals surface area contributed by atoms with Gasteiger partial charge in [0.1, 0.15) is 0 Å². The number of anilines is 2. The van der Waals surface area contributed by atoms with Crippen molar-refractivity contribution >= 4 is 39.6 Å². The molecule has 4 aromatic rings. The van der Waals surface area contributed by atoms with Crippen LogP contribution in [0.25, 0.3) is 22.2 Å². The highest BCUT2D eigenvalue weighted by molar-refractivity contribution is 7.09. The van der Waals surface area contributed by atoms with Gasteiger partial charge in [0, 0.05) is 46.5 Å². The van der Waals surface area contributed by atoms with E-state index in [4.69, 9.17) is 0 Å².